The molecule has 2 rings (SSSR count). The van der Waals surface area contributed by atoms with E-state index in [1.807, 2.05) is 0 Å². The first-order valence-electron chi connectivity index (χ1n) is 9.15. The zero-order chi connectivity index (χ0) is 15.8. The maximum absolute atomic E-state index is 12.4. The van der Waals surface area contributed by atoms with E-state index in [0.717, 1.165) is 25.4 Å². The second kappa shape index (κ2) is 9.36. The van der Waals surface area contributed by atoms with Crippen LogP contribution in [0.3, 0.4) is 0 Å². The van der Waals surface area contributed by atoms with Gasteiger partial charge in [0.25, 0.3) is 0 Å². The predicted octanol–water partition coefficient (Wildman–Crippen LogP) is 2.20. The molecule has 1 heterocycles. The van der Waals surface area contributed by atoms with Gasteiger partial charge < -0.3 is 15.3 Å². The van der Waals surface area contributed by atoms with E-state index in [0.29, 0.717) is 13.1 Å². The van der Waals surface area contributed by atoms with Gasteiger partial charge in [0.15, 0.2) is 0 Å². The molecule has 1 saturated carbocycles. The van der Waals surface area contributed by atoms with Crippen LogP contribution in [-0.2, 0) is 0 Å². The molecule has 2 amide bonds. The lowest BCUT2D eigenvalue weighted by atomic mass is 9.92. The van der Waals surface area contributed by atoms with E-state index >= 15 is 0 Å². The van der Waals surface area contributed by atoms with Crippen molar-refractivity contribution in [3.8, 4) is 0 Å². The Labute approximate surface area is 135 Å². The number of carbonyl (C=O) groups excluding carboxylic acids is 1. The van der Waals surface area contributed by atoms with Crippen LogP contribution in [0.2, 0.25) is 0 Å². The van der Waals surface area contributed by atoms with Crippen LogP contribution >= 0.6 is 0 Å². The number of amides is 2. The molecule has 0 radical (unpaired) electrons. The number of hydrogen-bond acceptors (Lipinski definition) is 3. The number of nitrogens with one attached hydrogen (secondary N) is 1. The molecular weight excluding hydrogens is 278 g/mol. The molecule has 22 heavy (non-hydrogen) atoms. The van der Waals surface area contributed by atoms with Crippen LogP contribution < -0.4 is 5.32 Å². The summed E-state index contributed by atoms with van der Waals surface area (Å²) in [6.45, 7) is 5.42. The normalized spacial score (nSPS) is 24.2. The van der Waals surface area contributed by atoms with Crippen LogP contribution in [0, 0.1) is 0 Å². The van der Waals surface area contributed by atoms with Gasteiger partial charge >= 0.3 is 6.03 Å². The van der Waals surface area contributed by atoms with Gasteiger partial charge in [0, 0.05) is 31.7 Å². The Morgan fingerprint density at radius 1 is 1.18 bits per heavy atom. The Balaban J connectivity index is 1.82. The molecule has 5 nitrogen and oxygen atoms in total. The smallest absolute Gasteiger partial charge is 0.317 e. The van der Waals surface area contributed by atoms with Gasteiger partial charge in [-0.15, -0.1) is 0 Å². The SMILES string of the molecule is CCCN(CCO)C(=O)NC1CCCN(C2CCCCC2)C1. The summed E-state index contributed by atoms with van der Waals surface area (Å²) < 4.78 is 0. The van der Waals surface area contributed by atoms with Gasteiger partial charge in [-0.2, -0.15) is 0 Å². The summed E-state index contributed by atoms with van der Waals surface area (Å²) in [5.41, 5.74) is 0. The quantitative estimate of drug-likeness (QED) is 0.790. The number of rotatable bonds is 6. The molecule has 1 atom stereocenters. The molecule has 0 aromatic rings. The predicted molar refractivity (Wildman–Crippen MR) is 88.9 cm³/mol. The van der Waals surface area contributed by atoms with E-state index in [9.17, 15) is 4.79 Å². The number of aliphatic hydroxyl groups excluding tert-OH is 1. The Morgan fingerprint density at radius 2 is 1.95 bits per heavy atom. The Hall–Kier alpha value is -0.810. The summed E-state index contributed by atoms with van der Waals surface area (Å²) >= 11 is 0. The highest BCUT2D eigenvalue weighted by molar-refractivity contribution is 5.74. The van der Waals surface area contributed by atoms with Crippen molar-refractivity contribution >= 4 is 6.03 Å². The highest BCUT2D eigenvalue weighted by atomic mass is 16.3. The summed E-state index contributed by atoms with van der Waals surface area (Å²) in [4.78, 5) is 16.7. The molecule has 0 aromatic carbocycles. The topological polar surface area (TPSA) is 55.8 Å². The van der Waals surface area contributed by atoms with Crippen LogP contribution in [0.5, 0.6) is 0 Å². The minimum atomic E-state index is -0.00797. The third-order valence-corrected chi connectivity index (χ3v) is 5.02. The van der Waals surface area contributed by atoms with Crippen molar-refractivity contribution in [2.45, 2.75) is 70.4 Å². The van der Waals surface area contributed by atoms with Gasteiger partial charge in [0.05, 0.1) is 6.61 Å². The van der Waals surface area contributed by atoms with Crippen LogP contribution in [0.25, 0.3) is 0 Å². The molecule has 1 aliphatic carbocycles. The van der Waals surface area contributed by atoms with Gasteiger partial charge in [-0.1, -0.05) is 26.2 Å². The van der Waals surface area contributed by atoms with E-state index < -0.39 is 0 Å². The average Bonchev–Trinajstić information content (AvgIpc) is 2.56. The van der Waals surface area contributed by atoms with Crippen molar-refractivity contribution in [3.63, 3.8) is 0 Å². The summed E-state index contributed by atoms with van der Waals surface area (Å²) in [7, 11) is 0. The highest BCUT2D eigenvalue weighted by Gasteiger charge is 2.28. The molecule has 1 unspecified atom stereocenters. The first kappa shape index (κ1) is 17.5. The third kappa shape index (κ3) is 5.13. The number of likely N-dealkylation sites (tertiary alicyclic amines) is 1. The van der Waals surface area contributed by atoms with Gasteiger partial charge in [0.2, 0.25) is 0 Å². The first-order chi connectivity index (χ1) is 10.7. The fourth-order valence-electron chi connectivity index (χ4n) is 3.87. The van der Waals surface area contributed by atoms with Gasteiger partial charge in [0.1, 0.15) is 0 Å². The fourth-order valence-corrected chi connectivity index (χ4v) is 3.87. The van der Waals surface area contributed by atoms with Crippen LogP contribution in [0.15, 0.2) is 0 Å². The maximum atomic E-state index is 12.4. The van der Waals surface area contributed by atoms with Crippen molar-refractivity contribution in [2.75, 3.05) is 32.8 Å². The number of aliphatic hydroxyl groups is 1. The zero-order valence-electron chi connectivity index (χ0n) is 14.1. The largest absolute Gasteiger partial charge is 0.395 e. The molecule has 0 spiro atoms. The van der Waals surface area contributed by atoms with Gasteiger partial charge in [-0.05, 0) is 38.6 Å². The van der Waals surface area contributed by atoms with Crippen molar-refractivity contribution in [1.29, 1.82) is 0 Å². The van der Waals surface area contributed by atoms with Gasteiger partial charge in [-0.25, -0.2) is 4.79 Å². The number of nitrogens with zero attached hydrogens (tertiary/aromatic N) is 2. The average molecular weight is 311 g/mol. The molecule has 128 valence electrons. The minimum absolute atomic E-state index is 0.00797. The lowest BCUT2D eigenvalue weighted by molar-refractivity contribution is 0.107. The molecular formula is C17H33N3O2. The Bertz CT molecular complexity index is 326. The van der Waals surface area contributed by atoms with Crippen LogP contribution in [0.4, 0.5) is 4.79 Å². The number of urea groups is 1. The van der Waals surface area contributed by atoms with E-state index in [2.05, 4.69) is 17.1 Å². The van der Waals surface area contributed by atoms with Gasteiger partial charge in [-0.3, -0.25) is 4.90 Å². The monoisotopic (exact) mass is 311 g/mol. The second-order valence-corrected chi connectivity index (χ2v) is 6.79. The summed E-state index contributed by atoms with van der Waals surface area (Å²) in [5, 5.41) is 12.3. The lowest BCUT2D eigenvalue weighted by Crippen LogP contribution is -2.54. The molecule has 2 N–H and O–H groups in total. The Morgan fingerprint density at radius 3 is 2.64 bits per heavy atom. The van der Waals surface area contributed by atoms with Crippen molar-refractivity contribution in [3.05, 3.63) is 0 Å². The number of carbonyl (C=O) groups is 1. The Kier molecular flexibility index (Phi) is 7.46. The summed E-state index contributed by atoms with van der Waals surface area (Å²) in [6.07, 6.45) is 9.94. The first-order valence-corrected chi connectivity index (χ1v) is 9.15. The molecule has 0 aromatic heterocycles. The van der Waals surface area contributed by atoms with Crippen molar-refractivity contribution in [1.82, 2.24) is 15.1 Å². The molecule has 0 bridgehead atoms. The van der Waals surface area contributed by atoms with Crippen LogP contribution in [-0.4, -0.2) is 65.8 Å². The molecule has 2 fully saturated rings. The minimum Gasteiger partial charge on any atom is -0.395 e. The fraction of sp³-hybridized carbons (Fsp3) is 0.941. The standard InChI is InChI=1S/C17H33N3O2/c1-2-10-19(12-13-21)17(22)18-15-7-6-11-20(14-15)16-8-4-3-5-9-16/h15-16,21H,2-14H2,1H3,(H,18,22). The summed E-state index contributed by atoms with van der Waals surface area (Å²) in [5.74, 6) is 0. The van der Waals surface area contributed by atoms with E-state index in [-0.39, 0.29) is 18.7 Å². The maximum Gasteiger partial charge on any atom is 0.317 e. The molecule has 1 saturated heterocycles. The molecule has 5 heteroatoms. The third-order valence-electron chi connectivity index (χ3n) is 5.02. The number of piperidine rings is 1. The number of hydrogen-bond donors (Lipinski definition) is 2. The lowest BCUT2D eigenvalue weighted by Gasteiger charge is -2.40. The molecule has 1 aliphatic heterocycles. The van der Waals surface area contributed by atoms with Crippen LogP contribution in [0.1, 0.15) is 58.3 Å². The van der Waals surface area contributed by atoms with E-state index in [1.54, 1.807) is 4.90 Å². The highest BCUT2D eigenvalue weighted by Crippen LogP contribution is 2.25. The second-order valence-electron chi connectivity index (χ2n) is 6.79. The summed E-state index contributed by atoms with van der Waals surface area (Å²) in [6, 6.07) is 0.991. The zero-order valence-corrected chi connectivity index (χ0v) is 14.1. The van der Waals surface area contributed by atoms with E-state index in [1.165, 1.54) is 45.1 Å². The van der Waals surface area contributed by atoms with Crippen molar-refractivity contribution in [2.24, 2.45) is 0 Å². The van der Waals surface area contributed by atoms with E-state index in [4.69, 9.17) is 5.11 Å². The molecule has 2 aliphatic rings. The van der Waals surface area contributed by atoms with Crippen molar-refractivity contribution < 1.29 is 9.90 Å².